The van der Waals surface area contributed by atoms with Crippen molar-refractivity contribution >= 4 is 25.8 Å². The summed E-state index contributed by atoms with van der Waals surface area (Å²) in [7, 11) is -7.91. The molecule has 0 heterocycles. The molecule has 50 heavy (non-hydrogen) atoms. The quantitative estimate of drug-likeness (QED) is 0.0441. The van der Waals surface area contributed by atoms with Gasteiger partial charge in [0.15, 0.2) is 0 Å². The Kier molecular flexibility index (Phi) is 74.5. The van der Waals surface area contributed by atoms with Crippen molar-refractivity contribution in [3.8, 4) is 0 Å². The molecule has 0 N–H and O–H groups in total. The van der Waals surface area contributed by atoms with E-state index >= 15 is 0 Å². The van der Waals surface area contributed by atoms with Crippen LogP contribution in [0, 0.1) is 81.7 Å². The number of hydrogen-bond acceptors (Lipinski definition) is 9. The van der Waals surface area contributed by atoms with Crippen molar-refractivity contribution in [3.05, 3.63) is 0 Å². The zero-order valence-electron chi connectivity index (χ0n) is 32.4. The van der Waals surface area contributed by atoms with Gasteiger partial charge in [0.2, 0.25) is 0 Å². The molecule has 0 aromatic rings. The molecular formula is C36H75Nd2O9P3. The molecule has 0 aliphatic heterocycles. The van der Waals surface area contributed by atoms with Crippen LogP contribution < -0.4 is 29.4 Å². The summed E-state index contributed by atoms with van der Waals surface area (Å²) in [5.74, 6) is 0. The molecule has 14 heteroatoms. The molecule has 0 aliphatic rings. The molecule has 9 nitrogen and oxygen atoms in total. The van der Waals surface area contributed by atoms with Crippen molar-refractivity contribution < 1.29 is 125 Å². The first-order chi connectivity index (χ1) is 23.3. The third-order valence-corrected chi connectivity index (χ3v) is 9.26. The molecule has 0 aromatic carbocycles. The second-order valence-electron chi connectivity index (χ2n) is 12.7. The summed E-state index contributed by atoms with van der Waals surface area (Å²) in [6, 6.07) is 0. The van der Waals surface area contributed by atoms with Gasteiger partial charge in [-0.05, 0) is 19.3 Å². The van der Waals surface area contributed by atoms with E-state index in [9.17, 15) is 29.4 Å². The van der Waals surface area contributed by atoms with Gasteiger partial charge in [-0.3, -0.25) is 0 Å². The molecule has 0 amide bonds. The monoisotopic (exact) mass is 1030 g/mol. The molecule has 0 fully saturated rings. The van der Waals surface area contributed by atoms with Crippen LogP contribution >= 0.6 is 25.8 Å². The molecule has 0 bridgehead atoms. The van der Waals surface area contributed by atoms with Gasteiger partial charge in [-0.15, -0.1) is 0 Å². The molecular weight excluding hydrogens is 958 g/mol. The minimum absolute atomic E-state index is 0. The van der Waals surface area contributed by atoms with Gasteiger partial charge in [0.05, 0.1) is 0 Å². The summed E-state index contributed by atoms with van der Waals surface area (Å²) in [6.45, 7) is 7.77. The van der Waals surface area contributed by atoms with Crippen molar-refractivity contribution in [2.24, 2.45) is 0 Å². The molecule has 0 atom stereocenters. The third kappa shape index (κ3) is 72.8. The van der Waals surface area contributed by atoms with Gasteiger partial charge in [-0.2, -0.15) is 25.8 Å². The van der Waals surface area contributed by atoms with E-state index in [2.05, 4.69) is 34.3 Å². The summed E-state index contributed by atoms with van der Waals surface area (Å²) >= 11 is 0. The molecule has 296 valence electrons. The SMILES string of the molecule is CCCCCCCCCCCCOP([O-])[O-].CCCCCCCCCCCCOP([O-])[O-].CCCCCCCCCCCCOP([O-])[O-].[Nd+3].[Nd+3]. The van der Waals surface area contributed by atoms with Crippen LogP contribution in [0.3, 0.4) is 0 Å². The molecule has 0 aliphatic carbocycles. The molecule has 0 unspecified atom stereocenters. The van der Waals surface area contributed by atoms with Crippen molar-refractivity contribution in [3.63, 3.8) is 0 Å². The first-order valence-corrected chi connectivity index (χ1v) is 22.9. The van der Waals surface area contributed by atoms with Gasteiger partial charge in [-0.1, -0.05) is 194 Å². The molecule has 2 radical (unpaired) electrons. The van der Waals surface area contributed by atoms with Gasteiger partial charge < -0.3 is 42.9 Å². The van der Waals surface area contributed by atoms with E-state index in [1.54, 1.807) is 0 Å². The zero-order chi connectivity index (χ0) is 36.2. The Labute approximate surface area is 379 Å². The Balaban J connectivity index is -0.000000199. The minimum Gasteiger partial charge on any atom is -0.820 e. The van der Waals surface area contributed by atoms with E-state index in [1.807, 2.05) is 0 Å². The van der Waals surface area contributed by atoms with Crippen LogP contribution in [-0.2, 0) is 13.6 Å². The summed E-state index contributed by atoms with van der Waals surface area (Å²) in [6.07, 6.45) is 37.5. The largest absolute Gasteiger partial charge is 3.00 e. The van der Waals surface area contributed by atoms with Crippen molar-refractivity contribution in [2.75, 3.05) is 19.8 Å². The standard InChI is InChI=1S/3C12H25O3P.2Nd/c3*1-2-3-4-5-6-7-8-9-10-11-12-15-16(13)14;;/h3*2-12H2,1H3;;/q3*-2;2*+3. The summed E-state index contributed by atoms with van der Waals surface area (Å²) in [5.41, 5.74) is 0. The first-order valence-electron chi connectivity index (χ1n) is 19.6. The van der Waals surface area contributed by atoms with Crippen LogP contribution in [0.5, 0.6) is 0 Å². The molecule has 0 spiro atoms. The second-order valence-corrected chi connectivity index (χ2v) is 14.8. The topological polar surface area (TPSA) is 166 Å². The Morgan fingerprint density at radius 1 is 0.260 bits per heavy atom. The van der Waals surface area contributed by atoms with E-state index < -0.39 is 25.8 Å². The second kappa shape index (κ2) is 59.3. The predicted octanol–water partition coefficient (Wildman–Crippen LogP) is 8.61. The zero-order valence-corrected chi connectivity index (χ0v) is 41.4. The Hall–Kier alpha value is 3.63. The molecule has 0 rings (SSSR count). The molecule has 0 saturated carbocycles. The maximum absolute atomic E-state index is 10.1. The third-order valence-electron chi connectivity index (χ3n) is 8.08. The number of unbranched alkanes of at least 4 members (excludes halogenated alkanes) is 27. The fraction of sp³-hybridized carbons (Fsp3) is 1.00. The summed E-state index contributed by atoms with van der Waals surface area (Å²) in [4.78, 5) is 60.4. The van der Waals surface area contributed by atoms with Gasteiger partial charge in [0, 0.05) is 19.8 Å². The van der Waals surface area contributed by atoms with E-state index in [0.717, 1.165) is 38.5 Å². The number of rotatable bonds is 36. The van der Waals surface area contributed by atoms with Gasteiger partial charge in [0.25, 0.3) is 0 Å². The summed E-state index contributed by atoms with van der Waals surface area (Å²) in [5, 5.41) is 0. The van der Waals surface area contributed by atoms with Crippen LogP contribution in [0.1, 0.15) is 213 Å². The van der Waals surface area contributed by atoms with Crippen LogP contribution in [0.2, 0.25) is 0 Å². The smallest absolute Gasteiger partial charge is 0.820 e. The average molecular weight is 1030 g/mol. The number of hydrogen-bond donors (Lipinski definition) is 0. The van der Waals surface area contributed by atoms with E-state index in [-0.39, 0.29) is 81.7 Å². The van der Waals surface area contributed by atoms with Crippen molar-refractivity contribution in [1.82, 2.24) is 0 Å². The summed E-state index contributed by atoms with van der Waals surface area (Å²) < 4.78 is 13.4. The first kappa shape index (κ1) is 62.8. The van der Waals surface area contributed by atoms with E-state index in [4.69, 9.17) is 0 Å². The normalized spacial score (nSPS) is 10.8. The van der Waals surface area contributed by atoms with Crippen LogP contribution in [0.15, 0.2) is 0 Å². The Morgan fingerprint density at radius 2 is 0.400 bits per heavy atom. The maximum atomic E-state index is 10.1. The average Bonchev–Trinajstić information content (AvgIpc) is 3.05. The predicted molar refractivity (Wildman–Crippen MR) is 194 cm³/mol. The van der Waals surface area contributed by atoms with Gasteiger partial charge >= 0.3 is 81.7 Å². The molecule has 0 saturated heterocycles. The Bertz CT molecular complexity index is 478. The van der Waals surface area contributed by atoms with Gasteiger partial charge in [-0.25, -0.2) is 0 Å². The van der Waals surface area contributed by atoms with Crippen LogP contribution in [0.4, 0.5) is 0 Å². The Morgan fingerprint density at radius 3 is 0.540 bits per heavy atom. The van der Waals surface area contributed by atoms with Crippen LogP contribution in [0.25, 0.3) is 0 Å². The van der Waals surface area contributed by atoms with Crippen molar-refractivity contribution in [2.45, 2.75) is 213 Å². The fourth-order valence-electron chi connectivity index (χ4n) is 5.19. The van der Waals surface area contributed by atoms with E-state index in [0.29, 0.717) is 19.8 Å². The van der Waals surface area contributed by atoms with Gasteiger partial charge in [0.1, 0.15) is 0 Å². The molecule has 0 aromatic heterocycles. The van der Waals surface area contributed by atoms with Crippen LogP contribution in [-0.4, -0.2) is 19.8 Å². The van der Waals surface area contributed by atoms with Crippen molar-refractivity contribution in [1.29, 1.82) is 0 Å². The minimum atomic E-state index is -2.64. The maximum Gasteiger partial charge on any atom is 3.00 e. The van der Waals surface area contributed by atoms with E-state index in [1.165, 1.54) is 154 Å². The fourth-order valence-corrected chi connectivity index (χ4v) is 6.02.